The molecule has 1 aromatic carbocycles. The Balaban J connectivity index is 1.76. The van der Waals surface area contributed by atoms with Gasteiger partial charge in [0.1, 0.15) is 12.2 Å². The Morgan fingerprint density at radius 1 is 1.06 bits per heavy atom. The van der Waals surface area contributed by atoms with Crippen molar-refractivity contribution < 1.29 is 34.3 Å². The van der Waals surface area contributed by atoms with E-state index in [1.54, 1.807) is 0 Å². The van der Waals surface area contributed by atoms with Gasteiger partial charge in [-0.25, -0.2) is 0 Å². The molecule has 0 amide bonds. The molecule has 188 valence electrons. The molecule has 1 saturated heterocycles. The zero-order valence-corrected chi connectivity index (χ0v) is 21.0. The average Bonchev–Trinajstić information content (AvgIpc) is 2.74. The number of benzene rings is 1. The summed E-state index contributed by atoms with van der Waals surface area (Å²) in [6.07, 6.45) is 0.466. The molecule has 2 aliphatic carbocycles. The van der Waals surface area contributed by atoms with Crippen LogP contribution in [0.2, 0.25) is 0 Å². The predicted octanol–water partition coefficient (Wildman–Crippen LogP) is 4.16. The van der Waals surface area contributed by atoms with Gasteiger partial charge >= 0.3 is 5.97 Å². The van der Waals surface area contributed by atoms with Crippen molar-refractivity contribution in [1.29, 1.82) is 0 Å². The summed E-state index contributed by atoms with van der Waals surface area (Å²) in [5, 5.41) is 32.6. The number of allylic oxidation sites excluding steroid dienone is 2. The lowest BCUT2D eigenvalue weighted by Gasteiger charge is -2.44. The van der Waals surface area contributed by atoms with Crippen molar-refractivity contribution in [2.24, 2.45) is 5.92 Å². The van der Waals surface area contributed by atoms with Gasteiger partial charge in [-0.05, 0) is 74.5 Å². The van der Waals surface area contributed by atoms with Gasteiger partial charge in [-0.15, -0.1) is 0 Å². The number of ether oxygens (including phenoxy) is 3. The molecule has 34 heavy (non-hydrogen) atoms. The van der Waals surface area contributed by atoms with Crippen LogP contribution in [-0.4, -0.2) is 52.5 Å². The first kappa shape index (κ1) is 25.0. The van der Waals surface area contributed by atoms with Gasteiger partial charge in [0.05, 0.1) is 6.61 Å². The zero-order valence-electron chi connectivity index (χ0n) is 21.0. The van der Waals surface area contributed by atoms with Crippen LogP contribution in [0.3, 0.4) is 0 Å². The van der Waals surface area contributed by atoms with Crippen LogP contribution in [0.4, 0.5) is 0 Å². The highest BCUT2D eigenvalue weighted by Gasteiger charge is 2.44. The lowest BCUT2D eigenvalue weighted by atomic mass is 9.62. The van der Waals surface area contributed by atoms with Crippen molar-refractivity contribution in [2.75, 3.05) is 6.61 Å². The average molecular weight is 475 g/mol. The minimum atomic E-state index is -1.44. The second-order valence-corrected chi connectivity index (χ2v) is 10.6. The summed E-state index contributed by atoms with van der Waals surface area (Å²) >= 11 is 0. The largest absolute Gasteiger partial charge is 0.504 e. The maximum absolute atomic E-state index is 11.4. The first-order valence-electron chi connectivity index (χ1n) is 12.4. The Morgan fingerprint density at radius 3 is 2.41 bits per heavy atom. The Morgan fingerprint density at radius 2 is 1.76 bits per heavy atom. The highest BCUT2D eigenvalue weighted by atomic mass is 16.7. The molecule has 1 aliphatic heterocycles. The maximum Gasteiger partial charge on any atom is 0.303 e. The maximum atomic E-state index is 11.4. The molecule has 0 aromatic heterocycles. The third-order valence-electron chi connectivity index (χ3n) is 7.77. The van der Waals surface area contributed by atoms with E-state index in [-0.39, 0.29) is 24.2 Å². The SMILES string of the molecule is CC(=O)O[C@@H]1CO[C@H](Oc2c(C)c3c4c(c2O)[C@@H](C)CC[C@@H]4[C@@H](C)C[C@H]3C=C(C)C)[C@@H](O)[C@@H]1O. The molecule has 0 radical (unpaired) electrons. The van der Waals surface area contributed by atoms with Gasteiger partial charge < -0.3 is 29.5 Å². The van der Waals surface area contributed by atoms with Crippen LogP contribution >= 0.6 is 0 Å². The zero-order chi connectivity index (χ0) is 24.9. The fourth-order valence-corrected chi connectivity index (χ4v) is 6.25. The van der Waals surface area contributed by atoms with Crippen LogP contribution in [0.5, 0.6) is 11.5 Å². The van der Waals surface area contributed by atoms with Crippen molar-refractivity contribution in [3.8, 4) is 11.5 Å². The normalized spacial score (nSPS) is 34.7. The molecule has 3 N–H and O–H groups in total. The molecule has 0 unspecified atom stereocenters. The fraction of sp³-hybridized carbons (Fsp3) is 0.667. The second-order valence-electron chi connectivity index (χ2n) is 10.6. The monoisotopic (exact) mass is 474 g/mol. The van der Waals surface area contributed by atoms with E-state index >= 15 is 0 Å². The van der Waals surface area contributed by atoms with Crippen molar-refractivity contribution >= 4 is 5.97 Å². The van der Waals surface area contributed by atoms with E-state index in [4.69, 9.17) is 14.2 Å². The van der Waals surface area contributed by atoms with Crippen LogP contribution < -0.4 is 4.74 Å². The molecule has 7 nitrogen and oxygen atoms in total. The molecule has 8 atom stereocenters. The number of hydrogen-bond donors (Lipinski definition) is 3. The molecular weight excluding hydrogens is 436 g/mol. The molecule has 0 saturated carbocycles. The van der Waals surface area contributed by atoms with Gasteiger partial charge in [-0.2, -0.15) is 0 Å². The minimum absolute atomic E-state index is 0.103. The summed E-state index contributed by atoms with van der Waals surface area (Å²) < 4.78 is 16.8. The van der Waals surface area contributed by atoms with Crippen LogP contribution in [-0.2, 0) is 14.3 Å². The van der Waals surface area contributed by atoms with Crippen molar-refractivity contribution in [2.45, 2.75) is 103 Å². The Kier molecular flexibility index (Phi) is 7.00. The molecule has 1 heterocycles. The molecule has 0 spiro atoms. The van der Waals surface area contributed by atoms with Crippen LogP contribution in [0.25, 0.3) is 0 Å². The van der Waals surface area contributed by atoms with Crippen molar-refractivity contribution in [3.05, 3.63) is 33.9 Å². The van der Waals surface area contributed by atoms with E-state index in [9.17, 15) is 20.1 Å². The second kappa shape index (κ2) is 9.51. The van der Waals surface area contributed by atoms with E-state index in [1.165, 1.54) is 23.6 Å². The number of esters is 1. The predicted molar refractivity (Wildman–Crippen MR) is 127 cm³/mol. The highest BCUT2D eigenvalue weighted by Crippen LogP contribution is 2.58. The minimum Gasteiger partial charge on any atom is -0.504 e. The number of carbonyl (C=O) groups is 1. The van der Waals surface area contributed by atoms with E-state index in [0.717, 1.165) is 30.4 Å². The van der Waals surface area contributed by atoms with E-state index < -0.39 is 30.6 Å². The summed E-state index contributed by atoms with van der Waals surface area (Å²) in [5.74, 6) is 1.16. The number of aliphatic hydroxyl groups excluding tert-OH is 2. The number of carbonyl (C=O) groups excluding carboxylic acids is 1. The number of rotatable bonds is 4. The number of phenolic OH excluding ortho intramolecular Hbond substituents is 1. The first-order valence-corrected chi connectivity index (χ1v) is 12.4. The summed E-state index contributed by atoms with van der Waals surface area (Å²) in [6.45, 7) is 11.7. The Bertz CT molecular complexity index is 980. The highest BCUT2D eigenvalue weighted by molar-refractivity contribution is 5.66. The summed E-state index contributed by atoms with van der Waals surface area (Å²) in [7, 11) is 0. The molecule has 0 bridgehead atoms. The smallest absolute Gasteiger partial charge is 0.303 e. The summed E-state index contributed by atoms with van der Waals surface area (Å²) in [5.41, 5.74) is 5.50. The molecule has 3 aliphatic rings. The van der Waals surface area contributed by atoms with Crippen LogP contribution in [0.15, 0.2) is 11.6 Å². The standard InChI is InChI=1S/C27H38O7/c1-12(2)9-17-10-14(4)18-8-7-13(3)20-22(18)21(17)15(5)26(24(20)30)34-27-25(31)23(29)19(11-32-27)33-16(6)28/h9,13-14,17-19,23,25,27,29-31H,7-8,10-11H2,1-6H3/t13-,14-,17+,18+,19+,23+,25-,27+/m0/s1. The van der Waals surface area contributed by atoms with Crippen LogP contribution in [0.1, 0.15) is 93.9 Å². The summed E-state index contributed by atoms with van der Waals surface area (Å²) in [4.78, 5) is 11.3. The van der Waals surface area contributed by atoms with Gasteiger partial charge in [-0.3, -0.25) is 4.79 Å². The van der Waals surface area contributed by atoms with E-state index in [1.807, 2.05) is 6.92 Å². The number of phenols is 1. The lowest BCUT2D eigenvalue weighted by Crippen LogP contribution is -2.56. The fourth-order valence-electron chi connectivity index (χ4n) is 6.25. The quantitative estimate of drug-likeness (QED) is 0.444. The van der Waals surface area contributed by atoms with E-state index in [2.05, 4.69) is 33.8 Å². The number of hydrogen-bond acceptors (Lipinski definition) is 7. The van der Waals surface area contributed by atoms with Crippen molar-refractivity contribution in [1.82, 2.24) is 0 Å². The van der Waals surface area contributed by atoms with Gasteiger partial charge in [0.25, 0.3) is 0 Å². The molecule has 7 heteroatoms. The third kappa shape index (κ3) is 4.34. The van der Waals surface area contributed by atoms with Gasteiger partial charge in [0.2, 0.25) is 6.29 Å². The topological polar surface area (TPSA) is 105 Å². The lowest BCUT2D eigenvalue weighted by molar-refractivity contribution is -0.248. The first-order chi connectivity index (χ1) is 16.0. The summed E-state index contributed by atoms with van der Waals surface area (Å²) in [6, 6.07) is 0. The van der Waals surface area contributed by atoms with Crippen LogP contribution in [0, 0.1) is 12.8 Å². The molecular formula is C27H38O7. The number of aliphatic hydroxyl groups is 2. The molecule has 1 aromatic rings. The van der Waals surface area contributed by atoms with Crippen molar-refractivity contribution in [3.63, 3.8) is 0 Å². The Labute approximate surface area is 201 Å². The van der Waals surface area contributed by atoms with E-state index in [0.29, 0.717) is 17.6 Å². The Hall–Kier alpha value is -2.09. The number of aromatic hydroxyl groups is 1. The van der Waals surface area contributed by atoms with Gasteiger partial charge in [0.15, 0.2) is 17.6 Å². The molecule has 1 fully saturated rings. The third-order valence-corrected chi connectivity index (χ3v) is 7.77. The van der Waals surface area contributed by atoms with Gasteiger partial charge in [-0.1, -0.05) is 25.5 Å². The molecule has 4 rings (SSSR count). The van der Waals surface area contributed by atoms with Gasteiger partial charge in [0, 0.05) is 18.4 Å².